The SMILES string of the molecule is O=c1cc(C(F)(F)F)[nH]c(=O)[nH]1.[Ar]. The Morgan fingerprint density at radius 1 is 1.15 bits per heavy atom. The van der Waals surface area contributed by atoms with Crippen molar-refractivity contribution >= 4 is 0 Å². The minimum absolute atomic E-state index is 0. The van der Waals surface area contributed by atoms with Crippen molar-refractivity contribution in [1.82, 2.24) is 9.97 Å². The number of nitrogens with one attached hydrogen (secondary N) is 2. The summed E-state index contributed by atoms with van der Waals surface area (Å²) in [6.07, 6.45) is -4.70. The number of halogens is 3. The molecule has 2 N–H and O–H groups in total. The largest absolute Gasteiger partial charge is 0.431 e. The first-order valence-corrected chi connectivity index (χ1v) is 2.80. The van der Waals surface area contributed by atoms with Gasteiger partial charge in [-0.25, -0.2) is 4.79 Å². The molecule has 4 nitrogen and oxygen atoms in total. The summed E-state index contributed by atoms with van der Waals surface area (Å²) in [4.78, 5) is 23.8. The molecule has 0 saturated carbocycles. The summed E-state index contributed by atoms with van der Waals surface area (Å²) in [7, 11) is 0. The van der Waals surface area contributed by atoms with Gasteiger partial charge in [0.25, 0.3) is 5.56 Å². The average Bonchev–Trinajstić information content (AvgIpc) is 1.82. The molecule has 0 fully saturated rings. The van der Waals surface area contributed by atoms with E-state index in [4.69, 9.17) is 0 Å². The fourth-order valence-corrected chi connectivity index (χ4v) is 0.621. The molecule has 8 heteroatoms. The second kappa shape index (κ2) is 4.30. The Hall–Kier alpha value is -0.270. The minimum Gasteiger partial charge on any atom is -0.303 e. The van der Waals surface area contributed by atoms with E-state index in [0.29, 0.717) is 0 Å². The quantitative estimate of drug-likeness (QED) is 0.650. The van der Waals surface area contributed by atoms with Crippen molar-refractivity contribution in [2.45, 2.75) is 6.18 Å². The van der Waals surface area contributed by atoms with E-state index in [9.17, 15) is 22.8 Å². The molecule has 0 radical (unpaired) electrons. The Kier molecular flexibility index (Phi) is 4.21. The van der Waals surface area contributed by atoms with Crippen LogP contribution in [0.2, 0.25) is 0 Å². The van der Waals surface area contributed by atoms with Gasteiger partial charge in [0.2, 0.25) is 0 Å². The first kappa shape index (κ1) is 12.7. The van der Waals surface area contributed by atoms with Crippen LogP contribution in [0.4, 0.5) is 13.2 Å². The molecular formula is C5H3ArF3N2O2. The molecule has 0 bridgehead atoms. The number of hydrogen-bond donors (Lipinski definition) is 2. The third-order valence-electron chi connectivity index (χ3n) is 1.07. The number of alkyl halides is 3. The number of rotatable bonds is 0. The molecule has 0 aliphatic carbocycles. The molecule has 1 aromatic heterocycles. The molecule has 74 valence electrons. The number of aromatic amines is 2. The van der Waals surface area contributed by atoms with Crippen LogP contribution in [0.25, 0.3) is 0 Å². The first-order chi connectivity index (χ1) is 5.39. The number of aromatic nitrogens is 2. The molecule has 0 aliphatic rings. The van der Waals surface area contributed by atoms with E-state index < -0.39 is 23.1 Å². The van der Waals surface area contributed by atoms with Crippen LogP contribution in [0.5, 0.6) is 0 Å². The molecule has 0 unspecified atom stereocenters. The van der Waals surface area contributed by atoms with Gasteiger partial charge in [0.15, 0.2) is 0 Å². The number of hydrogen-bond acceptors (Lipinski definition) is 2. The minimum atomic E-state index is -4.70. The van der Waals surface area contributed by atoms with Crippen molar-refractivity contribution in [3.63, 3.8) is 0 Å². The van der Waals surface area contributed by atoms with Crippen LogP contribution in [0.3, 0.4) is 0 Å². The van der Waals surface area contributed by atoms with E-state index in [1.165, 1.54) is 4.98 Å². The molecule has 1 aromatic rings. The second-order valence-corrected chi connectivity index (χ2v) is 2.00. The molecule has 1 heterocycles. The summed E-state index contributed by atoms with van der Waals surface area (Å²) in [5, 5.41) is 0. The van der Waals surface area contributed by atoms with Crippen LogP contribution in [0.1, 0.15) is 5.69 Å². The zero-order chi connectivity index (χ0) is 9.35. The average molecular weight is 220 g/mol. The van der Waals surface area contributed by atoms with Gasteiger partial charge in [-0.3, -0.25) is 9.78 Å². The molecule has 0 aliphatic heterocycles. The van der Waals surface area contributed by atoms with Crippen molar-refractivity contribution < 1.29 is 50.9 Å². The van der Waals surface area contributed by atoms with Crippen LogP contribution in [-0.2, 0) is 6.18 Å². The van der Waals surface area contributed by atoms with Gasteiger partial charge in [-0.15, -0.1) is 0 Å². The van der Waals surface area contributed by atoms with Crippen LogP contribution < -0.4 is 11.2 Å². The third kappa shape index (κ3) is 3.53. The topological polar surface area (TPSA) is 65.7 Å². The monoisotopic (exact) mass is 220 g/mol. The van der Waals surface area contributed by atoms with E-state index in [-0.39, 0.29) is 43.8 Å². The van der Waals surface area contributed by atoms with Crippen molar-refractivity contribution in [1.29, 1.82) is 0 Å². The predicted octanol–water partition coefficient (Wildman–Crippen LogP) is 0.0820. The molecule has 0 aromatic carbocycles. The zero-order valence-corrected chi connectivity index (χ0v) is 6.59. The number of H-pyrrole nitrogens is 2. The Morgan fingerprint density at radius 2 is 1.69 bits per heavy atom. The maximum absolute atomic E-state index is 11.8. The smallest absolute Gasteiger partial charge is 0.303 e. The Bertz CT molecular complexity index is 365. The van der Waals surface area contributed by atoms with E-state index in [0.717, 1.165) is 0 Å². The summed E-state index contributed by atoms with van der Waals surface area (Å²) in [6.45, 7) is 0. The summed E-state index contributed by atoms with van der Waals surface area (Å²) in [6, 6.07) is 0.279. The van der Waals surface area contributed by atoms with Gasteiger partial charge in [0.05, 0.1) is 0 Å². The van der Waals surface area contributed by atoms with E-state index in [1.807, 2.05) is 0 Å². The van der Waals surface area contributed by atoms with Crippen LogP contribution in [-0.4, -0.2) is 9.97 Å². The summed E-state index contributed by atoms with van der Waals surface area (Å²) in [5.41, 5.74) is -3.60. The van der Waals surface area contributed by atoms with Gasteiger partial charge in [-0.1, -0.05) is 0 Å². The third-order valence-corrected chi connectivity index (χ3v) is 1.07. The standard InChI is InChI=1S/C5H3F3N2O2.Ar/c6-5(7,8)2-1-3(11)10-4(12)9-2;/h1H,(H2,9,10,11,12);. The predicted molar refractivity (Wildman–Crippen MR) is 32.7 cm³/mol. The van der Waals surface area contributed by atoms with Gasteiger partial charge >= 0.3 is 11.9 Å². The van der Waals surface area contributed by atoms with Gasteiger partial charge in [0, 0.05) is 43.8 Å². The Balaban J connectivity index is 0.00000144. The van der Waals surface area contributed by atoms with Crippen molar-refractivity contribution in [2.75, 3.05) is 0 Å². The molecule has 0 spiro atoms. The van der Waals surface area contributed by atoms with Crippen molar-refractivity contribution in [3.05, 3.63) is 32.6 Å². The fourth-order valence-electron chi connectivity index (χ4n) is 0.621. The van der Waals surface area contributed by atoms with E-state index in [2.05, 4.69) is 0 Å². The molecule has 0 atom stereocenters. The maximum Gasteiger partial charge on any atom is 0.431 e. The molecular weight excluding hydrogens is 217 g/mol. The second-order valence-electron chi connectivity index (χ2n) is 2.00. The van der Waals surface area contributed by atoms with Gasteiger partial charge in [-0.05, 0) is 0 Å². The maximum atomic E-state index is 11.8. The van der Waals surface area contributed by atoms with Crippen LogP contribution in [0.15, 0.2) is 15.7 Å². The summed E-state index contributed by atoms with van der Waals surface area (Å²) in [5.74, 6) is 0. The zero-order valence-electron chi connectivity index (χ0n) is 5.88. The summed E-state index contributed by atoms with van der Waals surface area (Å²) >= 11 is 0. The Morgan fingerprint density at radius 3 is 2.08 bits per heavy atom. The Labute approximate surface area is 99.2 Å². The molecule has 1 rings (SSSR count). The van der Waals surface area contributed by atoms with E-state index >= 15 is 0 Å². The van der Waals surface area contributed by atoms with Gasteiger partial charge in [-0.2, -0.15) is 13.2 Å². The molecule has 0 saturated heterocycles. The van der Waals surface area contributed by atoms with Crippen LogP contribution >= 0.6 is 0 Å². The fraction of sp³-hybridized carbons (Fsp3) is 0.200. The van der Waals surface area contributed by atoms with Crippen molar-refractivity contribution in [3.8, 4) is 0 Å². The molecule has 0 amide bonds. The first-order valence-electron chi connectivity index (χ1n) is 2.80. The van der Waals surface area contributed by atoms with Gasteiger partial charge in [0.1, 0.15) is 5.69 Å². The summed E-state index contributed by atoms with van der Waals surface area (Å²) < 4.78 is 35.5. The van der Waals surface area contributed by atoms with E-state index in [1.54, 1.807) is 4.98 Å². The van der Waals surface area contributed by atoms with Crippen molar-refractivity contribution in [2.24, 2.45) is 0 Å². The molecule has 13 heavy (non-hydrogen) atoms. The van der Waals surface area contributed by atoms with Gasteiger partial charge < -0.3 is 4.98 Å². The normalized spacial score (nSPS) is 10.7. The van der Waals surface area contributed by atoms with Crippen LogP contribution in [0, 0.1) is 37.7 Å².